The number of esters is 1. The van der Waals surface area contributed by atoms with Gasteiger partial charge < -0.3 is 9.47 Å². The van der Waals surface area contributed by atoms with Crippen molar-refractivity contribution in [2.45, 2.75) is 12.8 Å². The average molecular weight is 192 g/mol. The fourth-order valence-corrected chi connectivity index (χ4v) is 1.39. The van der Waals surface area contributed by atoms with E-state index in [1.807, 2.05) is 6.07 Å². The van der Waals surface area contributed by atoms with Gasteiger partial charge in [0.25, 0.3) is 0 Å². The lowest BCUT2D eigenvalue weighted by molar-refractivity contribution is 0.0502. The Morgan fingerprint density at radius 2 is 1.71 bits per heavy atom. The van der Waals surface area contributed by atoms with Crippen molar-refractivity contribution < 1.29 is 14.3 Å². The Balaban J connectivity index is 2.30. The first-order valence-corrected chi connectivity index (χ1v) is 4.77. The topological polar surface area (TPSA) is 35.5 Å². The van der Waals surface area contributed by atoms with Gasteiger partial charge >= 0.3 is 5.97 Å². The molecule has 0 aliphatic carbocycles. The van der Waals surface area contributed by atoms with Gasteiger partial charge in [-0.15, -0.1) is 0 Å². The highest BCUT2D eigenvalue weighted by molar-refractivity contribution is 5.92. The molecule has 0 fully saturated rings. The molecule has 1 aliphatic rings. The van der Waals surface area contributed by atoms with Crippen molar-refractivity contribution in [3.05, 3.63) is 29.8 Å². The predicted molar refractivity (Wildman–Crippen MR) is 51.5 cm³/mol. The minimum atomic E-state index is -0.289. The van der Waals surface area contributed by atoms with Gasteiger partial charge in [-0.25, -0.2) is 4.79 Å². The van der Waals surface area contributed by atoms with E-state index in [4.69, 9.17) is 9.47 Å². The van der Waals surface area contributed by atoms with Crippen LogP contribution in [0.3, 0.4) is 0 Å². The molecular weight excluding hydrogens is 180 g/mol. The van der Waals surface area contributed by atoms with E-state index < -0.39 is 0 Å². The van der Waals surface area contributed by atoms with Crippen molar-refractivity contribution in [1.29, 1.82) is 0 Å². The zero-order valence-electron chi connectivity index (χ0n) is 7.86. The van der Waals surface area contributed by atoms with E-state index in [9.17, 15) is 4.79 Å². The number of fused-ring (bicyclic) bond motifs is 1. The fourth-order valence-electron chi connectivity index (χ4n) is 1.39. The van der Waals surface area contributed by atoms with Gasteiger partial charge in [0, 0.05) is 0 Å². The van der Waals surface area contributed by atoms with Crippen LogP contribution in [-0.2, 0) is 4.74 Å². The van der Waals surface area contributed by atoms with Crippen LogP contribution in [0.1, 0.15) is 23.2 Å². The lowest BCUT2D eigenvalue weighted by atomic mass is 10.2. The van der Waals surface area contributed by atoms with Gasteiger partial charge in [-0.1, -0.05) is 12.1 Å². The van der Waals surface area contributed by atoms with Gasteiger partial charge in [-0.2, -0.15) is 0 Å². The molecule has 0 N–H and O–H groups in total. The summed E-state index contributed by atoms with van der Waals surface area (Å²) in [4.78, 5) is 11.5. The normalized spacial score (nSPS) is 16.7. The molecule has 0 unspecified atom stereocenters. The summed E-state index contributed by atoms with van der Waals surface area (Å²) in [5, 5.41) is 0. The second kappa shape index (κ2) is 4.13. The Morgan fingerprint density at radius 1 is 1.00 bits per heavy atom. The van der Waals surface area contributed by atoms with Crippen LogP contribution in [0.5, 0.6) is 5.75 Å². The van der Waals surface area contributed by atoms with Crippen LogP contribution >= 0.6 is 0 Å². The molecule has 3 heteroatoms. The predicted octanol–water partition coefficient (Wildman–Crippen LogP) is 2.02. The van der Waals surface area contributed by atoms with Crippen LogP contribution in [0.2, 0.25) is 0 Å². The molecule has 1 aromatic carbocycles. The summed E-state index contributed by atoms with van der Waals surface area (Å²) >= 11 is 0. The molecule has 0 saturated heterocycles. The molecule has 1 aliphatic heterocycles. The number of carbonyl (C=O) groups excluding carboxylic acids is 1. The third-order valence-electron chi connectivity index (χ3n) is 2.14. The number of carbonyl (C=O) groups is 1. The van der Waals surface area contributed by atoms with Crippen LogP contribution in [-0.4, -0.2) is 19.2 Å². The third-order valence-corrected chi connectivity index (χ3v) is 2.14. The molecule has 0 atom stereocenters. The second-order valence-electron chi connectivity index (χ2n) is 3.19. The Morgan fingerprint density at radius 3 is 2.57 bits per heavy atom. The highest BCUT2D eigenvalue weighted by Gasteiger charge is 2.14. The minimum Gasteiger partial charge on any atom is -0.493 e. The van der Waals surface area contributed by atoms with Gasteiger partial charge in [-0.05, 0) is 25.0 Å². The molecule has 1 aromatic rings. The van der Waals surface area contributed by atoms with E-state index in [2.05, 4.69) is 0 Å². The molecule has 2 rings (SSSR count). The summed E-state index contributed by atoms with van der Waals surface area (Å²) in [6.45, 7) is 1.13. The Hall–Kier alpha value is -1.51. The minimum absolute atomic E-state index is 0.289. The number of hydrogen-bond donors (Lipinski definition) is 0. The maximum atomic E-state index is 11.5. The maximum absolute atomic E-state index is 11.5. The van der Waals surface area contributed by atoms with Crippen molar-refractivity contribution >= 4 is 5.97 Å². The zero-order valence-corrected chi connectivity index (χ0v) is 7.86. The largest absolute Gasteiger partial charge is 0.493 e. The summed E-state index contributed by atoms with van der Waals surface area (Å²) in [5.41, 5.74) is 0.523. The van der Waals surface area contributed by atoms with Crippen molar-refractivity contribution in [1.82, 2.24) is 0 Å². The molecular formula is C11H12O3. The molecule has 0 aromatic heterocycles. The van der Waals surface area contributed by atoms with E-state index in [1.54, 1.807) is 18.2 Å². The van der Waals surface area contributed by atoms with E-state index in [1.165, 1.54) is 0 Å². The summed E-state index contributed by atoms with van der Waals surface area (Å²) in [6, 6.07) is 7.18. The van der Waals surface area contributed by atoms with Gasteiger partial charge in [0.1, 0.15) is 11.3 Å². The lowest BCUT2D eigenvalue weighted by Gasteiger charge is -2.07. The molecule has 3 nitrogen and oxygen atoms in total. The van der Waals surface area contributed by atoms with Gasteiger partial charge in [0.05, 0.1) is 13.2 Å². The molecule has 74 valence electrons. The first kappa shape index (κ1) is 9.06. The number of ether oxygens (including phenoxy) is 2. The molecule has 0 amide bonds. The summed E-state index contributed by atoms with van der Waals surface area (Å²) < 4.78 is 10.5. The van der Waals surface area contributed by atoms with Crippen LogP contribution in [0, 0.1) is 0 Å². The molecule has 1 heterocycles. The van der Waals surface area contributed by atoms with Crippen LogP contribution < -0.4 is 4.74 Å². The van der Waals surface area contributed by atoms with E-state index >= 15 is 0 Å². The highest BCUT2D eigenvalue weighted by atomic mass is 16.5. The first-order chi connectivity index (χ1) is 6.88. The van der Waals surface area contributed by atoms with Crippen molar-refractivity contribution in [2.24, 2.45) is 0 Å². The van der Waals surface area contributed by atoms with Gasteiger partial charge in [0.15, 0.2) is 0 Å². The Labute approximate surface area is 82.6 Å². The Bertz CT molecular complexity index is 333. The van der Waals surface area contributed by atoms with E-state index in [0.717, 1.165) is 12.8 Å². The van der Waals surface area contributed by atoms with E-state index in [-0.39, 0.29) is 5.97 Å². The quantitative estimate of drug-likeness (QED) is 0.590. The van der Waals surface area contributed by atoms with Gasteiger partial charge in [-0.3, -0.25) is 0 Å². The van der Waals surface area contributed by atoms with Crippen molar-refractivity contribution in [3.63, 3.8) is 0 Å². The summed E-state index contributed by atoms with van der Waals surface area (Å²) in [7, 11) is 0. The SMILES string of the molecule is O=C1OCCCCOc2ccccc21. The monoisotopic (exact) mass is 192 g/mol. The lowest BCUT2D eigenvalue weighted by Crippen LogP contribution is -2.06. The molecule has 0 radical (unpaired) electrons. The maximum Gasteiger partial charge on any atom is 0.341 e. The first-order valence-electron chi connectivity index (χ1n) is 4.77. The van der Waals surface area contributed by atoms with Crippen molar-refractivity contribution in [2.75, 3.05) is 13.2 Å². The van der Waals surface area contributed by atoms with E-state index in [0.29, 0.717) is 24.5 Å². The number of cyclic esters (lactones) is 1. The van der Waals surface area contributed by atoms with Gasteiger partial charge in [0.2, 0.25) is 0 Å². The molecule has 0 saturated carbocycles. The second-order valence-corrected chi connectivity index (χ2v) is 3.19. The highest BCUT2D eigenvalue weighted by Crippen LogP contribution is 2.20. The number of hydrogen-bond acceptors (Lipinski definition) is 3. The molecule has 0 bridgehead atoms. The molecule has 0 spiro atoms. The Kier molecular flexibility index (Phi) is 2.68. The summed E-state index contributed by atoms with van der Waals surface area (Å²) in [5.74, 6) is 0.335. The smallest absolute Gasteiger partial charge is 0.341 e. The fraction of sp³-hybridized carbons (Fsp3) is 0.364. The summed E-state index contributed by atoms with van der Waals surface area (Å²) in [6.07, 6.45) is 1.78. The number of rotatable bonds is 0. The molecule has 14 heavy (non-hydrogen) atoms. The standard InChI is InChI=1S/C11H12O3/c12-11-9-5-1-2-6-10(9)13-7-3-4-8-14-11/h1-2,5-6H,3-4,7-8H2. The van der Waals surface area contributed by atoms with Crippen LogP contribution in [0.25, 0.3) is 0 Å². The number of para-hydroxylation sites is 1. The van der Waals surface area contributed by atoms with Crippen molar-refractivity contribution in [3.8, 4) is 5.75 Å². The third kappa shape index (κ3) is 1.87. The average Bonchev–Trinajstić information content (AvgIpc) is 2.30. The van der Waals surface area contributed by atoms with Crippen LogP contribution in [0.4, 0.5) is 0 Å². The zero-order chi connectivity index (χ0) is 9.80. The van der Waals surface area contributed by atoms with Crippen LogP contribution in [0.15, 0.2) is 24.3 Å². The number of benzene rings is 1.